The zero-order valence-electron chi connectivity index (χ0n) is 7.79. The molecule has 1 aliphatic rings. The van der Waals surface area contributed by atoms with Gasteiger partial charge in [0.2, 0.25) is 0 Å². The highest BCUT2D eigenvalue weighted by molar-refractivity contribution is 5.80. The number of benzene rings is 1. The largest absolute Gasteiger partial charge is 0.481 e. The molecule has 13 heavy (non-hydrogen) atoms. The molecule has 1 aromatic rings. The summed E-state index contributed by atoms with van der Waals surface area (Å²) in [6.07, 6.45) is 0.851. The molecular weight excluding hydrogens is 162 g/mol. The van der Waals surface area contributed by atoms with Crippen LogP contribution in [0.15, 0.2) is 29.3 Å². The minimum Gasteiger partial charge on any atom is -0.481 e. The molecule has 0 amide bonds. The molecule has 0 aromatic heterocycles. The van der Waals surface area contributed by atoms with Gasteiger partial charge in [0, 0.05) is 6.42 Å². The van der Waals surface area contributed by atoms with Gasteiger partial charge in [-0.15, -0.1) is 0 Å². The summed E-state index contributed by atoms with van der Waals surface area (Å²) in [6, 6.07) is 8.39. The van der Waals surface area contributed by atoms with Crippen molar-refractivity contribution in [3.8, 4) is 0 Å². The lowest BCUT2D eigenvalue weighted by atomic mass is 10.0. The van der Waals surface area contributed by atoms with Gasteiger partial charge in [-0.05, 0) is 18.1 Å². The van der Waals surface area contributed by atoms with Gasteiger partial charge in [-0.2, -0.15) is 0 Å². The third-order valence-corrected chi connectivity index (χ3v) is 2.20. The molecule has 0 radical (unpaired) electrons. The first-order valence-corrected chi connectivity index (χ1v) is 4.63. The minimum absolute atomic E-state index is 0.709. The van der Waals surface area contributed by atoms with Gasteiger partial charge in [0.15, 0.2) is 5.90 Å². The molecule has 0 aliphatic carbocycles. The summed E-state index contributed by atoms with van der Waals surface area (Å²) in [7, 11) is 0. The van der Waals surface area contributed by atoms with Gasteiger partial charge in [0.1, 0.15) is 0 Å². The van der Waals surface area contributed by atoms with Crippen molar-refractivity contribution in [3.63, 3.8) is 0 Å². The Morgan fingerprint density at radius 2 is 2.08 bits per heavy atom. The van der Waals surface area contributed by atoms with Crippen LogP contribution in [-0.2, 0) is 17.7 Å². The zero-order chi connectivity index (χ0) is 9.10. The number of hydrogen-bond acceptors (Lipinski definition) is 2. The van der Waals surface area contributed by atoms with Crippen LogP contribution in [0.2, 0.25) is 0 Å². The number of aliphatic imine (C=N–C) groups is 1. The van der Waals surface area contributed by atoms with E-state index in [1.165, 1.54) is 11.1 Å². The Balaban J connectivity index is 2.18. The number of ether oxygens (including phenoxy) is 1. The highest BCUT2D eigenvalue weighted by Crippen LogP contribution is 2.16. The van der Waals surface area contributed by atoms with Gasteiger partial charge >= 0.3 is 0 Å². The second-order valence-corrected chi connectivity index (χ2v) is 3.09. The molecular formula is C11H13NO. The van der Waals surface area contributed by atoms with E-state index in [1.807, 2.05) is 6.92 Å². The number of hydrogen-bond donors (Lipinski definition) is 0. The Bertz CT molecular complexity index is 331. The van der Waals surface area contributed by atoms with Crippen molar-refractivity contribution >= 4 is 5.90 Å². The third kappa shape index (κ3) is 1.72. The minimum atomic E-state index is 0.709. The maximum Gasteiger partial charge on any atom is 0.188 e. The van der Waals surface area contributed by atoms with Crippen LogP contribution in [0, 0.1) is 0 Å². The van der Waals surface area contributed by atoms with Crippen molar-refractivity contribution in [2.45, 2.75) is 19.9 Å². The summed E-state index contributed by atoms with van der Waals surface area (Å²) in [6.45, 7) is 3.47. The molecule has 2 rings (SSSR count). The standard InChI is InChI=1S/C11H13NO/c1-2-13-11-7-9-5-3-4-6-10(9)8-12-11/h3-6H,2,7-8H2,1H3. The Morgan fingerprint density at radius 3 is 2.85 bits per heavy atom. The van der Waals surface area contributed by atoms with Crippen molar-refractivity contribution in [3.05, 3.63) is 35.4 Å². The van der Waals surface area contributed by atoms with E-state index in [1.54, 1.807) is 0 Å². The van der Waals surface area contributed by atoms with Crippen LogP contribution in [0.25, 0.3) is 0 Å². The van der Waals surface area contributed by atoms with E-state index in [0.717, 1.165) is 18.9 Å². The molecule has 0 fully saturated rings. The molecule has 1 aromatic carbocycles. The van der Waals surface area contributed by atoms with Crippen LogP contribution < -0.4 is 0 Å². The summed E-state index contributed by atoms with van der Waals surface area (Å²) in [4.78, 5) is 4.35. The smallest absolute Gasteiger partial charge is 0.188 e. The van der Waals surface area contributed by atoms with E-state index >= 15 is 0 Å². The average molecular weight is 175 g/mol. The van der Waals surface area contributed by atoms with E-state index in [4.69, 9.17) is 4.74 Å². The summed E-state index contributed by atoms with van der Waals surface area (Å²) < 4.78 is 5.39. The first kappa shape index (κ1) is 8.30. The molecule has 0 N–H and O–H groups in total. The lowest BCUT2D eigenvalue weighted by molar-refractivity contribution is 0.316. The van der Waals surface area contributed by atoms with Gasteiger partial charge < -0.3 is 4.74 Å². The van der Waals surface area contributed by atoms with Crippen LogP contribution in [-0.4, -0.2) is 12.5 Å². The second kappa shape index (κ2) is 3.60. The first-order chi connectivity index (χ1) is 6.40. The summed E-state index contributed by atoms with van der Waals surface area (Å²) in [5, 5.41) is 0. The molecule has 2 nitrogen and oxygen atoms in total. The van der Waals surface area contributed by atoms with Crippen molar-refractivity contribution in [2.24, 2.45) is 4.99 Å². The molecule has 0 bridgehead atoms. The van der Waals surface area contributed by atoms with E-state index in [0.29, 0.717) is 6.61 Å². The lowest BCUT2D eigenvalue weighted by Crippen LogP contribution is -2.14. The second-order valence-electron chi connectivity index (χ2n) is 3.09. The van der Waals surface area contributed by atoms with Gasteiger partial charge in [-0.1, -0.05) is 24.3 Å². The highest BCUT2D eigenvalue weighted by atomic mass is 16.5. The molecule has 0 saturated heterocycles. The third-order valence-electron chi connectivity index (χ3n) is 2.20. The zero-order valence-corrected chi connectivity index (χ0v) is 7.79. The Labute approximate surface area is 78.3 Å². The fraction of sp³-hybridized carbons (Fsp3) is 0.364. The Morgan fingerprint density at radius 1 is 1.31 bits per heavy atom. The van der Waals surface area contributed by atoms with Crippen molar-refractivity contribution in [1.82, 2.24) is 0 Å². The predicted octanol–water partition coefficient (Wildman–Crippen LogP) is 2.18. The number of fused-ring (bicyclic) bond motifs is 1. The summed E-state index contributed by atoms with van der Waals surface area (Å²) in [5.41, 5.74) is 2.67. The van der Waals surface area contributed by atoms with Gasteiger partial charge in [0.05, 0.1) is 13.2 Å². The van der Waals surface area contributed by atoms with E-state index < -0.39 is 0 Å². The van der Waals surface area contributed by atoms with E-state index in [2.05, 4.69) is 29.3 Å². The summed E-state index contributed by atoms with van der Waals surface area (Å²) >= 11 is 0. The highest BCUT2D eigenvalue weighted by Gasteiger charge is 2.11. The van der Waals surface area contributed by atoms with Gasteiger partial charge in [0.25, 0.3) is 0 Å². The van der Waals surface area contributed by atoms with Crippen LogP contribution in [0.5, 0.6) is 0 Å². The molecule has 1 aliphatic heterocycles. The predicted molar refractivity (Wildman–Crippen MR) is 52.9 cm³/mol. The Kier molecular flexibility index (Phi) is 2.30. The summed E-state index contributed by atoms with van der Waals surface area (Å²) in [5.74, 6) is 0.876. The topological polar surface area (TPSA) is 21.6 Å². The normalized spacial score (nSPS) is 14.7. The molecule has 0 saturated carbocycles. The van der Waals surface area contributed by atoms with Crippen LogP contribution in [0.4, 0.5) is 0 Å². The van der Waals surface area contributed by atoms with Crippen LogP contribution in [0.3, 0.4) is 0 Å². The van der Waals surface area contributed by atoms with E-state index in [9.17, 15) is 0 Å². The maximum atomic E-state index is 5.39. The number of rotatable bonds is 1. The van der Waals surface area contributed by atoms with Gasteiger partial charge in [-0.3, -0.25) is 4.99 Å². The lowest BCUT2D eigenvalue weighted by Gasteiger charge is -2.15. The maximum absolute atomic E-state index is 5.39. The monoisotopic (exact) mass is 175 g/mol. The molecule has 1 heterocycles. The molecule has 2 heteroatoms. The van der Waals surface area contributed by atoms with Crippen molar-refractivity contribution < 1.29 is 4.74 Å². The van der Waals surface area contributed by atoms with Crippen molar-refractivity contribution in [2.75, 3.05) is 6.61 Å². The number of nitrogens with zero attached hydrogens (tertiary/aromatic N) is 1. The van der Waals surface area contributed by atoms with Crippen LogP contribution in [0.1, 0.15) is 18.1 Å². The van der Waals surface area contributed by atoms with Crippen molar-refractivity contribution in [1.29, 1.82) is 0 Å². The Hall–Kier alpha value is -1.31. The quantitative estimate of drug-likeness (QED) is 0.641. The van der Waals surface area contributed by atoms with Crippen LogP contribution >= 0.6 is 0 Å². The van der Waals surface area contributed by atoms with Gasteiger partial charge in [-0.25, -0.2) is 0 Å². The fourth-order valence-corrected chi connectivity index (χ4v) is 1.54. The molecule has 0 spiro atoms. The SMILES string of the molecule is CCOC1=NCc2ccccc2C1. The first-order valence-electron chi connectivity index (χ1n) is 4.63. The molecule has 0 atom stereocenters. The fourth-order valence-electron chi connectivity index (χ4n) is 1.54. The average Bonchev–Trinajstić information content (AvgIpc) is 2.18. The molecule has 0 unspecified atom stereocenters. The molecule has 68 valence electrons. The van der Waals surface area contributed by atoms with E-state index in [-0.39, 0.29) is 0 Å².